The molecule has 2 aromatic rings. The van der Waals surface area contributed by atoms with Crippen LogP contribution in [-0.4, -0.2) is 19.0 Å². The molecule has 0 aliphatic rings. The van der Waals surface area contributed by atoms with Crippen molar-refractivity contribution < 1.29 is 19.1 Å². The van der Waals surface area contributed by atoms with Crippen molar-refractivity contribution >= 4 is 11.9 Å². The van der Waals surface area contributed by atoms with Crippen LogP contribution in [0, 0.1) is 6.92 Å². The number of ether oxygens (including phenoxy) is 2. The third-order valence-corrected chi connectivity index (χ3v) is 2.50. The van der Waals surface area contributed by atoms with Crippen LogP contribution in [0.4, 0.5) is 0 Å². The Kier molecular flexibility index (Phi) is 16.0. The quantitative estimate of drug-likeness (QED) is 0.536. The standard InChI is InChI=1S/C14H12O2.C3H6O2.2C2H6/c1-11-6-5-9-13(10-11)16-14(15)12-7-3-2-4-8-12;1-3(4)5-2;2*1-2/h2-10H,1H3;1-2H3;2*1-2H3. The van der Waals surface area contributed by atoms with Gasteiger partial charge in [-0.2, -0.15) is 0 Å². The molecule has 0 saturated carbocycles. The Morgan fingerprint density at radius 2 is 1.36 bits per heavy atom. The fraction of sp³-hybridized carbons (Fsp3) is 0.333. The van der Waals surface area contributed by atoms with E-state index in [-0.39, 0.29) is 11.9 Å². The molecule has 0 atom stereocenters. The van der Waals surface area contributed by atoms with Crippen LogP contribution < -0.4 is 4.74 Å². The van der Waals surface area contributed by atoms with Crippen LogP contribution in [0.5, 0.6) is 5.75 Å². The van der Waals surface area contributed by atoms with Crippen molar-refractivity contribution in [1.29, 1.82) is 0 Å². The second kappa shape index (κ2) is 16.2. The zero-order chi connectivity index (χ0) is 19.7. The number of hydrogen-bond acceptors (Lipinski definition) is 4. The summed E-state index contributed by atoms with van der Waals surface area (Å²) in [5.41, 5.74) is 1.63. The lowest BCUT2D eigenvalue weighted by molar-refractivity contribution is -0.137. The SMILES string of the molecule is CC.CC.COC(C)=O.Cc1cccc(OC(=O)c2ccccc2)c1. The Labute approximate surface area is 151 Å². The molecule has 0 bridgehead atoms. The van der Waals surface area contributed by atoms with E-state index in [1.54, 1.807) is 18.2 Å². The van der Waals surface area contributed by atoms with Gasteiger partial charge in [-0.1, -0.05) is 58.0 Å². The van der Waals surface area contributed by atoms with Crippen LogP contribution >= 0.6 is 0 Å². The van der Waals surface area contributed by atoms with E-state index in [1.807, 2.05) is 71.0 Å². The molecule has 0 saturated heterocycles. The zero-order valence-corrected chi connectivity index (χ0v) is 16.3. The van der Waals surface area contributed by atoms with E-state index in [0.29, 0.717) is 11.3 Å². The smallest absolute Gasteiger partial charge is 0.343 e. The van der Waals surface area contributed by atoms with Crippen LogP contribution in [0.1, 0.15) is 50.5 Å². The van der Waals surface area contributed by atoms with Gasteiger partial charge in [0.2, 0.25) is 0 Å². The first-order valence-electron chi connectivity index (χ1n) is 8.41. The fourth-order valence-electron chi connectivity index (χ4n) is 1.42. The van der Waals surface area contributed by atoms with E-state index in [0.717, 1.165) is 5.56 Å². The number of aryl methyl sites for hydroxylation is 1. The molecule has 25 heavy (non-hydrogen) atoms. The Hall–Kier alpha value is -2.62. The Bertz CT molecular complexity index is 592. The van der Waals surface area contributed by atoms with Crippen LogP contribution in [0.15, 0.2) is 54.6 Å². The lowest BCUT2D eigenvalue weighted by Gasteiger charge is -2.04. The molecule has 4 nitrogen and oxygen atoms in total. The number of carbonyl (C=O) groups excluding carboxylic acids is 2. The van der Waals surface area contributed by atoms with Gasteiger partial charge in [0, 0.05) is 6.92 Å². The summed E-state index contributed by atoms with van der Waals surface area (Å²) in [5, 5.41) is 0. The highest BCUT2D eigenvalue weighted by atomic mass is 16.5. The normalized spacial score (nSPS) is 8.12. The summed E-state index contributed by atoms with van der Waals surface area (Å²) < 4.78 is 9.35. The third kappa shape index (κ3) is 12.5. The Balaban J connectivity index is 0. The maximum absolute atomic E-state index is 11.7. The number of esters is 2. The lowest BCUT2D eigenvalue weighted by atomic mass is 10.2. The van der Waals surface area contributed by atoms with Crippen LogP contribution in [0.3, 0.4) is 0 Å². The molecule has 0 amide bonds. The van der Waals surface area contributed by atoms with Crippen molar-refractivity contribution in [2.24, 2.45) is 0 Å². The van der Waals surface area contributed by atoms with Crippen molar-refractivity contribution in [3.05, 3.63) is 65.7 Å². The molecule has 0 aliphatic carbocycles. The molecule has 0 radical (unpaired) electrons. The highest BCUT2D eigenvalue weighted by molar-refractivity contribution is 5.90. The van der Waals surface area contributed by atoms with E-state index in [4.69, 9.17) is 4.74 Å². The van der Waals surface area contributed by atoms with Crippen molar-refractivity contribution in [3.63, 3.8) is 0 Å². The molecule has 0 spiro atoms. The van der Waals surface area contributed by atoms with Crippen LogP contribution in [0.25, 0.3) is 0 Å². The highest BCUT2D eigenvalue weighted by Gasteiger charge is 2.06. The van der Waals surface area contributed by atoms with Gasteiger partial charge in [0.25, 0.3) is 0 Å². The molecule has 0 unspecified atom stereocenters. The van der Waals surface area contributed by atoms with Crippen LogP contribution in [-0.2, 0) is 9.53 Å². The first kappa shape index (κ1) is 24.6. The molecule has 0 N–H and O–H groups in total. The van der Waals surface area contributed by atoms with Gasteiger partial charge in [0.05, 0.1) is 12.7 Å². The maximum atomic E-state index is 11.7. The molecule has 2 rings (SSSR count). The number of methoxy groups -OCH3 is 1. The first-order valence-corrected chi connectivity index (χ1v) is 8.41. The minimum Gasteiger partial charge on any atom is -0.469 e. The van der Waals surface area contributed by atoms with E-state index in [9.17, 15) is 9.59 Å². The molecule has 0 fully saturated rings. The molecule has 0 aromatic heterocycles. The number of rotatable bonds is 2. The number of carbonyl (C=O) groups is 2. The minimum atomic E-state index is -0.328. The van der Waals surface area contributed by atoms with Gasteiger partial charge < -0.3 is 9.47 Å². The summed E-state index contributed by atoms with van der Waals surface area (Å²) in [4.78, 5) is 21.3. The summed E-state index contributed by atoms with van der Waals surface area (Å²) in [6, 6.07) is 16.4. The lowest BCUT2D eigenvalue weighted by Crippen LogP contribution is -2.07. The zero-order valence-electron chi connectivity index (χ0n) is 16.3. The highest BCUT2D eigenvalue weighted by Crippen LogP contribution is 2.14. The van der Waals surface area contributed by atoms with Gasteiger partial charge in [-0.15, -0.1) is 0 Å². The van der Waals surface area contributed by atoms with E-state index < -0.39 is 0 Å². The monoisotopic (exact) mass is 346 g/mol. The van der Waals surface area contributed by atoms with Crippen molar-refractivity contribution in [2.45, 2.75) is 41.5 Å². The van der Waals surface area contributed by atoms with Crippen molar-refractivity contribution in [3.8, 4) is 5.75 Å². The van der Waals surface area contributed by atoms with E-state index >= 15 is 0 Å². The summed E-state index contributed by atoms with van der Waals surface area (Å²) in [7, 11) is 1.35. The van der Waals surface area contributed by atoms with Crippen LogP contribution in [0.2, 0.25) is 0 Å². The molecule has 138 valence electrons. The molecule has 4 heteroatoms. The Morgan fingerprint density at radius 3 is 1.80 bits per heavy atom. The third-order valence-electron chi connectivity index (χ3n) is 2.50. The summed E-state index contributed by atoms with van der Waals surface area (Å²) in [6.45, 7) is 11.3. The summed E-state index contributed by atoms with van der Waals surface area (Å²) in [5.74, 6) is 0.00468. The second-order valence-electron chi connectivity index (χ2n) is 4.27. The fourth-order valence-corrected chi connectivity index (χ4v) is 1.42. The number of hydrogen-bond donors (Lipinski definition) is 0. The van der Waals surface area contributed by atoms with Crippen molar-refractivity contribution in [2.75, 3.05) is 7.11 Å². The second-order valence-corrected chi connectivity index (χ2v) is 4.27. The molecule has 2 aromatic carbocycles. The topological polar surface area (TPSA) is 52.6 Å². The molecular weight excluding hydrogens is 316 g/mol. The van der Waals surface area contributed by atoms with Gasteiger partial charge in [-0.05, 0) is 36.8 Å². The minimum absolute atomic E-state index is 0.245. The average Bonchev–Trinajstić information content (AvgIpc) is 2.66. The van der Waals surface area contributed by atoms with Gasteiger partial charge in [0.1, 0.15) is 5.75 Å². The van der Waals surface area contributed by atoms with E-state index in [2.05, 4.69) is 4.74 Å². The largest absolute Gasteiger partial charge is 0.469 e. The predicted molar refractivity (Wildman–Crippen MR) is 103 cm³/mol. The first-order chi connectivity index (χ1) is 12.0. The molecule has 0 aliphatic heterocycles. The molecule has 0 heterocycles. The summed E-state index contributed by atoms with van der Waals surface area (Å²) in [6.07, 6.45) is 0. The molecular formula is C21H30O4. The van der Waals surface area contributed by atoms with Crippen molar-refractivity contribution in [1.82, 2.24) is 0 Å². The van der Waals surface area contributed by atoms with Gasteiger partial charge in [0.15, 0.2) is 0 Å². The maximum Gasteiger partial charge on any atom is 0.343 e. The van der Waals surface area contributed by atoms with Gasteiger partial charge in [-0.25, -0.2) is 4.79 Å². The summed E-state index contributed by atoms with van der Waals surface area (Å²) >= 11 is 0. The van der Waals surface area contributed by atoms with Gasteiger partial charge >= 0.3 is 11.9 Å². The predicted octanol–water partition coefficient (Wildman–Crippen LogP) is 5.45. The number of benzene rings is 2. The Morgan fingerprint density at radius 1 is 0.840 bits per heavy atom. The van der Waals surface area contributed by atoms with Gasteiger partial charge in [-0.3, -0.25) is 4.79 Å². The average molecular weight is 346 g/mol. The van der Waals surface area contributed by atoms with E-state index in [1.165, 1.54) is 14.0 Å².